The normalized spacial score (nSPS) is 14.4. The molecule has 1 amide bonds. The third-order valence-corrected chi connectivity index (χ3v) is 7.00. The topological polar surface area (TPSA) is 75.5 Å². The number of likely N-dealkylation sites (N-methyl/N-ethyl adjacent to an activating group) is 1. The maximum absolute atomic E-state index is 13.2. The molecule has 0 aliphatic carbocycles. The first kappa shape index (κ1) is 24.2. The number of carbonyl (C=O) groups is 2. The predicted molar refractivity (Wildman–Crippen MR) is 136 cm³/mol. The van der Waals surface area contributed by atoms with Crippen LogP contribution >= 0.6 is 23.4 Å². The van der Waals surface area contributed by atoms with Crippen molar-refractivity contribution < 1.29 is 9.59 Å². The van der Waals surface area contributed by atoms with Gasteiger partial charge in [0, 0.05) is 48.9 Å². The first-order chi connectivity index (χ1) is 16.4. The molecule has 0 radical (unpaired) electrons. The lowest BCUT2D eigenvalue weighted by atomic mass is 10.1. The number of rotatable bonds is 7. The molecule has 0 bridgehead atoms. The van der Waals surface area contributed by atoms with Crippen molar-refractivity contribution in [3.8, 4) is 0 Å². The second kappa shape index (κ2) is 10.5. The van der Waals surface area contributed by atoms with E-state index in [1.165, 1.54) is 16.3 Å². The lowest BCUT2D eigenvalue weighted by Crippen LogP contribution is -2.47. The fraction of sp³-hybridized carbons (Fsp3) is 0.280. The van der Waals surface area contributed by atoms with Gasteiger partial charge in [0.05, 0.1) is 16.7 Å². The minimum atomic E-state index is -0.232. The first-order valence-corrected chi connectivity index (χ1v) is 12.3. The van der Waals surface area contributed by atoms with Gasteiger partial charge in [-0.25, -0.2) is 4.98 Å². The summed E-state index contributed by atoms with van der Waals surface area (Å²) in [5.74, 6) is -0.0595. The standard InChI is InChI=1S/C25H25ClN4O3S/c1-3-10-30-24(33)20-9-6-18(23(32)29-13-11-28(2)12-14-29)15-21(20)27-25(30)34-16-22(31)17-4-7-19(26)8-5-17/h3-9,15H,1,10-14,16H2,2H3. The smallest absolute Gasteiger partial charge is 0.262 e. The van der Waals surface area contributed by atoms with Crippen LogP contribution in [0.25, 0.3) is 10.9 Å². The number of fused-ring (bicyclic) bond motifs is 1. The van der Waals surface area contributed by atoms with Crippen LogP contribution in [0, 0.1) is 0 Å². The molecule has 3 aromatic rings. The van der Waals surface area contributed by atoms with Crippen molar-refractivity contribution in [2.24, 2.45) is 0 Å². The maximum Gasteiger partial charge on any atom is 0.262 e. The Hall–Kier alpha value is -2.94. The molecular formula is C25H25ClN4O3S. The SMILES string of the molecule is C=CCn1c(SCC(=O)c2ccc(Cl)cc2)nc2cc(C(=O)N3CCN(C)CC3)ccc2c1=O. The van der Waals surface area contributed by atoms with E-state index in [-0.39, 0.29) is 29.5 Å². The summed E-state index contributed by atoms with van der Waals surface area (Å²) in [6.07, 6.45) is 1.62. The van der Waals surface area contributed by atoms with Crippen molar-refractivity contribution in [2.45, 2.75) is 11.7 Å². The number of carbonyl (C=O) groups excluding carboxylic acids is 2. The van der Waals surface area contributed by atoms with Gasteiger partial charge in [0.2, 0.25) is 0 Å². The minimum Gasteiger partial charge on any atom is -0.336 e. The lowest BCUT2D eigenvalue weighted by Gasteiger charge is -2.32. The molecule has 1 aromatic heterocycles. The van der Waals surface area contributed by atoms with E-state index in [1.54, 1.807) is 48.5 Å². The van der Waals surface area contributed by atoms with Gasteiger partial charge in [-0.2, -0.15) is 0 Å². The monoisotopic (exact) mass is 496 g/mol. The van der Waals surface area contributed by atoms with Gasteiger partial charge < -0.3 is 9.80 Å². The van der Waals surface area contributed by atoms with Gasteiger partial charge in [-0.3, -0.25) is 19.0 Å². The fourth-order valence-electron chi connectivity index (χ4n) is 3.78. The molecule has 1 aliphatic rings. The Bertz CT molecular complexity index is 1300. The van der Waals surface area contributed by atoms with Gasteiger partial charge >= 0.3 is 0 Å². The number of allylic oxidation sites excluding steroid dienone is 1. The molecule has 2 aromatic carbocycles. The minimum absolute atomic E-state index is 0.0702. The molecule has 0 atom stereocenters. The molecule has 34 heavy (non-hydrogen) atoms. The Morgan fingerprint density at radius 3 is 2.44 bits per heavy atom. The van der Waals surface area contributed by atoms with Crippen LogP contribution in [0.4, 0.5) is 0 Å². The number of nitrogens with zero attached hydrogens (tertiary/aromatic N) is 4. The Balaban J connectivity index is 1.63. The number of aromatic nitrogens is 2. The number of hydrogen-bond donors (Lipinski definition) is 0. The van der Waals surface area contributed by atoms with Crippen LogP contribution in [0.2, 0.25) is 5.02 Å². The Kier molecular flexibility index (Phi) is 7.50. The van der Waals surface area contributed by atoms with E-state index in [0.29, 0.717) is 45.3 Å². The summed E-state index contributed by atoms with van der Waals surface area (Å²) in [4.78, 5) is 47.5. The van der Waals surface area contributed by atoms with Crippen LogP contribution < -0.4 is 5.56 Å². The van der Waals surface area contributed by atoms with Crippen LogP contribution in [-0.2, 0) is 6.54 Å². The second-order valence-electron chi connectivity index (χ2n) is 8.14. The molecule has 1 fully saturated rings. The molecule has 0 unspecified atom stereocenters. The van der Waals surface area contributed by atoms with E-state index in [4.69, 9.17) is 11.6 Å². The number of piperazine rings is 1. The molecule has 4 rings (SSSR count). The van der Waals surface area contributed by atoms with Crippen molar-refractivity contribution in [1.82, 2.24) is 19.4 Å². The summed E-state index contributed by atoms with van der Waals surface area (Å²) in [6.45, 7) is 6.98. The van der Waals surface area contributed by atoms with Gasteiger partial charge in [0.15, 0.2) is 10.9 Å². The molecule has 176 valence electrons. The van der Waals surface area contributed by atoms with Crippen molar-refractivity contribution in [1.29, 1.82) is 0 Å². The highest BCUT2D eigenvalue weighted by Crippen LogP contribution is 2.21. The van der Waals surface area contributed by atoms with Crippen molar-refractivity contribution in [3.63, 3.8) is 0 Å². The van der Waals surface area contributed by atoms with E-state index in [1.807, 2.05) is 11.9 Å². The number of amides is 1. The summed E-state index contributed by atoms with van der Waals surface area (Å²) in [6, 6.07) is 11.7. The quantitative estimate of drug-likeness (QED) is 0.215. The van der Waals surface area contributed by atoms with Crippen molar-refractivity contribution >= 4 is 46.0 Å². The average Bonchev–Trinajstić information content (AvgIpc) is 2.84. The first-order valence-electron chi connectivity index (χ1n) is 10.9. The summed E-state index contributed by atoms with van der Waals surface area (Å²) >= 11 is 7.09. The van der Waals surface area contributed by atoms with Gasteiger partial charge in [-0.05, 0) is 49.5 Å². The zero-order chi connectivity index (χ0) is 24.2. The molecule has 9 heteroatoms. The van der Waals surface area contributed by atoms with E-state index in [9.17, 15) is 14.4 Å². The van der Waals surface area contributed by atoms with Crippen molar-refractivity contribution in [3.05, 3.63) is 81.6 Å². The summed E-state index contributed by atoms with van der Waals surface area (Å²) in [5, 5.41) is 1.39. The molecule has 0 N–H and O–H groups in total. The van der Waals surface area contributed by atoms with Crippen LogP contribution in [0.3, 0.4) is 0 Å². The van der Waals surface area contributed by atoms with E-state index in [2.05, 4.69) is 16.5 Å². The Morgan fingerprint density at radius 2 is 1.76 bits per heavy atom. The molecule has 0 spiro atoms. The van der Waals surface area contributed by atoms with E-state index >= 15 is 0 Å². The summed E-state index contributed by atoms with van der Waals surface area (Å²) in [7, 11) is 2.03. The highest BCUT2D eigenvalue weighted by molar-refractivity contribution is 7.99. The Morgan fingerprint density at radius 1 is 1.09 bits per heavy atom. The molecule has 2 heterocycles. The molecule has 1 saturated heterocycles. The second-order valence-corrected chi connectivity index (χ2v) is 9.52. The largest absolute Gasteiger partial charge is 0.336 e. The maximum atomic E-state index is 13.2. The molecule has 7 nitrogen and oxygen atoms in total. The van der Waals surface area contributed by atoms with Crippen LogP contribution in [0.5, 0.6) is 0 Å². The highest BCUT2D eigenvalue weighted by atomic mass is 35.5. The third kappa shape index (κ3) is 5.24. The predicted octanol–water partition coefficient (Wildman–Crippen LogP) is 3.60. The fourth-order valence-corrected chi connectivity index (χ4v) is 4.80. The summed E-state index contributed by atoms with van der Waals surface area (Å²) < 4.78 is 1.50. The third-order valence-electron chi connectivity index (χ3n) is 5.77. The lowest BCUT2D eigenvalue weighted by molar-refractivity contribution is 0.0664. The molecular weight excluding hydrogens is 472 g/mol. The molecule has 0 saturated carbocycles. The Labute approximate surface area is 207 Å². The summed E-state index contributed by atoms with van der Waals surface area (Å²) in [5.41, 5.74) is 1.24. The number of hydrogen-bond acceptors (Lipinski definition) is 6. The van der Waals surface area contributed by atoms with Gasteiger partial charge in [0.25, 0.3) is 11.5 Å². The number of halogens is 1. The number of thioether (sulfide) groups is 1. The zero-order valence-electron chi connectivity index (χ0n) is 18.9. The average molecular weight is 497 g/mol. The van der Waals surface area contributed by atoms with Crippen molar-refractivity contribution in [2.75, 3.05) is 39.0 Å². The van der Waals surface area contributed by atoms with Gasteiger partial charge in [0.1, 0.15) is 0 Å². The van der Waals surface area contributed by atoms with Crippen LogP contribution in [0.1, 0.15) is 20.7 Å². The van der Waals surface area contributed by atoms with Gasteiger partial charge in [-0.15, -0.1) is 6.58 Å². The highest BCUT2D eigenvalue weighted by Gasteiger charge is 2.21. The molecule has 1 aliphatic heterocycles. The number of Topliss-reactive ketones (excluding diaryl/α,β-unsaturated/α-hetero) is 1. The number of benzene rings is 2. The van der Waals surface area contributed by atoms with E-state index < -0.39 is 0 Å². The van der Waals surface area contributed by atoms with Crippen LogP contribution in [-0.4, -0.2) is 70.0 Å². The zero-order valence-corrected chi connectivity index (χ0v) is 20.4. The number of ketones is 1. The van der Waals surface area contributed by atoms with Gasteiger partial charge in [-0.1, -0.05) is 29.4 Å². The van der Waals surface area contributed by atoms with E-state index in [0.717, 1.165) is 13.1 Å². The van der Waals surface area contributed by atoms with Crippen LogP contribution in [0.15, 0.2) is 65.1 Å².